The molecule has 1 unspecified atom stereocenters. The normalized spacial score (nSPS) is 12.9. The van der Waals surface area contributed by atoms with Crippen molar-refractivity contribution in [1.82, 2.24) is 19.9 Å². The van der Waals surface area contributed by atoms with E-state index in [2.05, 4.69) is 10.3 Å². The van der Waals surface area contributed by atoms with Crippen LogP contribution in [0.1, 0.15) is 10.5 Å². The number of ether oxygens (including phenoxy) is 1. The molecule has 1 heterocycles. The zero-order valence-electron chi connectivity index (χ0n) is 10.5. The molecule has 1 aromatic rings. The Morgan fingerprint density at radius 3 is 2.94 bits per heavy atom. The van der Waals surface area contributed by atoms with E-state index < -0.39 is 12.1 Å². The standard InChI is InChI=1S/C10H18N4O4/c1-13(5-8(15)7-18-2)3-4-14-6-9(10(16)17)11-12-14/h6,8,15H,3-5,7H2,1-2H3,(H,16,17). The molecule has 0 radical (unpaired) electrons. The van der Waals surface area contributed by atoms with Crippen LogP contribution in [0.3, 0.4) is 0 Å². The zero-order chi connectivity index (χ0) is 13.5. The molecule has 8 nitrogen and oxygen atoms in total. The van der Waals surface area contributed by atoms with Gasteiger partial charge in [0.1, 0.15) is 0 Å². The van der Waals surface area contributed by atoms with Crippen molar-refractivity contribution in [2.75, 3.05) is 33.9 Å². The summed E-state index contributed by atoms with van der Waals surface area (Å²) in [7, 11) is 3.39. The SMILES string of the molecule is COCC(O)CN(C)CCn1cc(C(=O)O)nn1. The predicted octanol–water partition coefficient (Wildman–Crippen LogP) is -1.08. The van der Waals surface area contributed by atoms with Crippen LogP contribution in [0.5, 0.6) is 0 Å². The monoisotopic (exact) mass is 258 g/mol. The lowest BCUT2D eigenvalue weighted by atomic mass is 10.3. The van der Waals surface area contributed by atoms with Gasteiger partial charge in [-0.05, 0) is 7.05 Å². The van der Waals surface area contributed by atoms with Crippen LogP contribution < -0.4 is 0 Å². The minimum absolute atomic E-state index is 0.0722. The van der Waals surface area contributed by atoms with E-state index in [0.29, 0.717) is 19.6 Å². The molecule has 0 fully saturated rings. The Morgan fingerprint density at radius 1 is 1.67 bits per heavy atom. The molecule has 0 spiro atoms. The van der Waals surface area contributed by atoms with E-state index in [4.69, 9.17) is 9.84 Å². The number of nitrogens with zero attached hydrogens (tertiary/aromatic N) is 4. The number of hydrogen-bond donors (Lipinski definition) is 2. The maximum atomic E-state index is 10.6. The first kappa shape index (κ1) is 14.6. The number of aromatic carboxylic acids is 1. The summed E-state index contributed by atoms with van der Waals surface area (Å²) in [6, 6.07) is 0. The Labute approximate surface area is 105 Å². The van der Waals surface area contributed by atoms with Gasteiger partial charge in [0, 0.05) is 20.2 Å². The van der Waals surface area contributed by atoms with Crippen LogP contribution >= 0.6 is 0 Å². The maximum Gasteiger partial charge on any atom is 0.358 e. The fourth-order valence-corrected chi connectivity index (χ4v) is 1.47. The van der Waals surface area contributed by atoms with E-state index in [1.165, 1.54) is 18.0 Å². The highest BCUT2D eigenvalue weighted by Gasteiger charge is 2.10. The molecule has 0 saturated carbocycles. The predicted molar refractivity (Wildman–Crippen MR) is 62.4 cm³/mol. The number of hydrogen-bond acceptors (Lipinski definition) is 6. The van der Waals surface area contributed by atoms with Gasteiger partial charge in [-0.15, -0.1) is 5.10 Å². The summed E-state index contributed by atoms with van der Waals surface area (Å²) in [5.74, 6) is -1.09. The lowest BCUT2D eigenvalue weighted by Crippen LogP contribution is -2.34. The summed E-state index contributed by atoms with van der Waals surface area (Å²) >= 11 is 0. The van der Waals surface area contributed by atoms with Crippen LogP contribution in [0.2, 0.25) is 0 Å². The molecule has 18 heavy (non-hydrogen) atoms. The van der Waals surface area contributed by atoms with Crippen molar-refractivity contribution in [1.29, 1.82) is 0 Å². The topological polar surface area (TPSA) is 101 Å². The summed E-state index contributed by atoms with van der Waals surface area (Å²) in [6.45, 7) is 1.91. The van der Waals surface area contributed by atoms with Crippen LogP contribution in [-0.4, -0.2) is 76.0 Å². The first-order valence-electron chi connectivity index (χ1n) is 5.52. The van der Waals surface area contributed by atoms with E-state index in [-0.39, 0.29) is 12.3 Å². The molecular formula is C10H18N4O4. The van der Waals surface area contributed by atoms with Crippen molar-refractivity contribution < 1.29 is 19.7 Å². The lowest BCUT2D eigenvalue weighted by molar-refractivity contribution is 0.0425. The maximum absolute atomic E-state index is 10.6. The smallest absolute Gasteiger partial charge is 0.358 e. The summed E-state index contributed by atoms with van der Waals surface area (Å²) in [4.78, 5) is 12.5. The molecule has 0 aromatic carbocycles. The van der Waals surface area contributed by atoms with Gasteiger partial charge in [-0.2, -0.15) is 0 Å². The molecule has 0 bridgehead atoms. The minimum atomic E-state index is -1.09. The summed E-state index contributed by atoms with van der Waals surface area (Å²) in [5, 5.41) is 25.4. The molecular weight excluding hydrogens is 240 g/mol. The average molecular weight is 258 g/mol. The van der Waals surface area contributed by atoms with E-state index in [1.807, 2.05) is 11.9 Å². The van der Waals surface area contributed by atoms with E-state index in [0.717, 1.165) is 0 Å². The van der Waals surface area contributed by atoms with E-state index in [1.54, 1.807) is 0 Å². The molecule has 0 amide bonds. The Hall–Kier alpha value is -1.51. The molecule has 0 saturated heterocycles. The fraction of sp³-hybridized carbons (Fsp3) is 0.700. The number of aliphatic hydroxyl groups is 1. The molecule has 1 rings (SSSR count). The van der Waals surface area contributed by atoms with Crippen molar-refractivity contribution in [3.8, 4) is 0 Å². The molecule has 0 aliphatic heterocycles. The van der Waals surface area contributed by atoms with Crippen LogP contribution in [0.25, 0.3) is 0 Å². The number of aromatic nitrogens is 3. The highest BCUT2D eigenvalue weighted by atomic mass is 16.5. The van der Waals surface area contributed by atoms with Gasteiger partial charge in [0.15, 0.2) is 5.69 Å². The Morgan fingerprint density at radius 2 is 2.39 bits per heavy atom. The number of carbonyl (C=O) groups is 1. The second kappa shape index (κ2) is 7.04. The van der Waals surface area contributed by atoms with Crippen LogP contribution in [-0.2, 0) is 11.3 Å². The minimum Gasteiger partial charge on any atom is -0.476 e. The van der Waals surface area contributed by atoms with Crippen LogP contribution in [0.4, 0.5) is 0 Å². The van der Waals surface area contributed by atoms with Gasteiger partial charge in [0.2, 0.25) is 0 Å². The lowest BCUT2D eigenvalue weighted by Gasteiger charge is -2.19. The van der Waals surface area contributed by atoms with E-state index >= 15 is 0 Å². The number of methoxy groups -OCH3 is 1. The van der Waals surface area contributed by atoms with Crippen LogP contribution in [0, 0.1) is 0 Å². The largest absolute Gasteiger partial charge is 0.476 e. The van der Waals surface area contributed by atoms with Gasteiger partial charge < -0.3 is 19.8 Å². The number of carboxylic acid groups (broad SMARTS) is 1. The molecule has 1 atom stereocenters. The number of carboxylic acids is 1. The molecule has 102 valence electrons. The Balaban J connectivity index is 2.33. The van der Waals surface area contributed by atoms with Crippen molar-refractivity contribution in [2.45, 2.75) is 12.6 Å². The molecule has 1 aromatic heterocycles. The quantitative estimate of drug-likeness (QED) is 0.611. The van der Waals surface area contributed by atoms with Crippen molar-refractivity contribution in [3.63, 3.8) is 0 Å². The van der Waals surface area contributed by atoms with Gasteiger partial charge in [0.25, 0.3) is 0 Å². The van der Waals surface area contributed by atoms with Gasteiger partial charge in [-0.3, -0.25) is 4.68 Å². The van der Waals surface area contributed by atoms with Crippen LogP contribution in [0.15, 0.2) is 6.20 Å². The molecule has 0 aliphatic carbocycles. The zero-order valence-corrected chi connectivity index (χ0v) is 10.5. The van der Waals surface area contributed by atoms with Gasteiger partial charge in [0.05, 0.1) is 25.5 Å². The molecule has 8 heteroatoms. The molecule has 2 N–H and O–H groups in total. The van der Waals surface area contributed by atoms with Gasteiger partial charge in [-0.25, -0.2) is 4.79 Å². The first-order chi connectivity index (χ1) is 8.52. The number of likely N-dealkylation sites (N-methyl/N-ethyl adjacent to an activating group) is 1. The highest BCUT2D eigenvalue weighted by molar-refractivity contribution is 5.84. The van der Waals surface area contributed by atoms with E-state index in [9.17, 15) is 9.90 Å². The average Bonchev–Trinajstić information content (AvgIpc) is 2.75. The molecule has 0 aliphatic rings. The summed E-state index contributed by atoms with van der Waals surface area (Å²) in [6.07, 6.45) is 0.840. The number of aliphatic hydroxyl groups excluding tert-OH is 1. The number of rotatable bonds is 8. The Bertz CT molecular complexity index is 382. The summed E-state index contributed by atoms with van der Waals surface area (Å²) < 4.78 is 6.29. The fourth-order valence-electron chi connectivity index (χ4n) is 1.47. The third-order valence-corrected chi connectivity index (χ3v) is 2.35. The Kier molecular flexibility index (Phi) is 5.69. The summed E-state index contributed by atoms with van der Waals surface area (Å²) in [5.41, 5.74) is -0.0722. The van der Waals surface area contributed by atoms with Gasteiger partial charge >= 0.3 is 5.97 Å². The van der Waals surface area contributed by atoms with Gasteiger partial charge in [-0.1, -0.05) is 5.21 Å². The second-order valence-electron chi connectivity index (χ2n) is 4.04. The second-order valence-corrected chi connectivity index (χ2v) is 4.04. The third kappa shape index (κ3) is 4.78. The third-order valence-electron chi connectivity index (χ3n) is 2.35. The highest BCUT2D eigenvalue weighted by Crippen LogP contribution is 1.95. The van der Waals surface area contributed by atoms with Crippen molar-refractivity contribution in [2.24, 2.45) is 0 Å². The first-order valence-corrected chi connectivity index (χ1v) is 5.52. The van der Waals surface area contributed by atoms with Crippen molar-refractivity contribution in [3.05, 3.63) is 11.9 Å². The van der Waals surface area contributed by atoms with Crippen molar-refractivity contribution >= 4 is 5.97 Å².